The maximum Gasteiger partial charge on any atom is 0.0959 e. The van der Waals surface area contributed by atoms with Crippen molar-refractivity contribution >= 4 is 33.8 Å². The first kappa shape index (κ1) is 11.4. The van der Waals surface area contributed by atoms with Gasteiger partial charge in [0.25, 0.3) is 0 Å². The zero-order valence-corrected chi connectivity index (χ0v) is 11.9. The van der Waals surface area contributed by atoms with Gasteiger partial charge in [0.2, 0.25) is 0 Å². The van der Waals surface area contributed by atoms with E-state index >= 15 is 0 Å². The molecule has 2 aromatic rings. The number of fused-ring (bicyclic) bond motifs is 2. The molecule has 3 heteroatoms. The summed E-state index contributed by atoms with van der Waals surface area (Å²) >= 11 is 3.77. The Morgan fingerprint density at radius 2 is 1.84 bits per heavy atom. The minimum absolute atomic E-state index is 0.420. The zero-order chi connectivity index (χ0) is 12.7. The van der Waals surface area contributed by atoms with E-state index in [2.05, 4.69) is 71.0 Å². The Morgan fingerprint density at radius 1 is 0.947 bits per heavy atom. The van der Waals surface area contributed by atoms with Gasteiger partial charge in [0, 0.05) is 4.90 Å². The molecule has 2 heterocycles. The molecule has 0 saturated carbocycles. The molecule has 1 aliphatic carbocycles. The molecule has 94 valence electrons. The van der Waals surface area contributed by atoms with E-state index in [4.69, 9.17) is 0 Å². The second kappa shape index (κ2) is 4.58. The van der Waals surface area contributed by atoms with Gasteiger partial charge in [0.1, 0.15) is 0 Å². The Morgan fingerprint density at radius 3 is 2.74 bits per heavy atom. The number of para-hydroxylation sites is 1. The number of rotatable bonds is 1. The van der Waals surface area contributed by atoms with Gasteiger partial charge in [-0.3, -0.25) is 0 Å². The van der Waals surface area contributed by atoms with Crippen LogP contribution in [0, 0.1) is 0 Å². The fourth-order valence-electron chi connectivity index (χ4n) is 2.65. The van der Waals surface area contributed by atoms with Gasteiger partial charge in [-0.05, 0) is 29.6 Å². The van der Waals surface area contributed by atoms with Crippen molar-refractivity contribution in [1.29, 1.82) is 0 Å². The van der Waals surface area contributed by atoms with Crippen LogP contribution in [-0.4, -0.2) is 11.3 Å². The first-order valence-corrected chi connectivity index (χ1v) is 8.13. The van der Waals surface area contributed by atoms with Crippen LogP contribution < -0.4 is 4.90 Å². The molecule has 2 aliphatic rings. The monoisotopic (exact) mass is 283 g/mol. The average Bonchev–Trinajstić information content (AvgIpc) is 2.98. The van der Waals surface area contributed by atoms with Crippen LogP contribution in [0.3, 0.4) is 0 Å². The molecule has 1 aromatic carbocycles. The molecule has 1 nitrogen and oxygen atoms in total. The van der Waals surface area contributed by atoms with Gasteiger partial charge in [-0.15, -0.1) is 23.1 Å². The van der Waals surface area contributed by atoms with Crippen molar-refractivity contribution in [3.05, 3.63) is 66.1 Å². The number of benzene rings is 1. The Labute approximate surface area is 121 Å². The van der Waals surface area contributed by atoms with Gasteiger partial charge in [-0.25, -0.2) is 0 Å². The quantitative estimate of drug-likeness (QED) is 0.735. The molecule has 1 aromatic heterocycles. The van der Waals surface area contributed by atoms with E-state index in [-0.39, 0.29) is 0 Å². The summed E-state index contributed by atoms with van der Waals surface area (Å²) in [6.45, 7) is 0. The van der Waals surface area contributed by atoms with E-state index in [0.717, 1.165) is 0 Å². The predicted octanol–water partition coefficient (Wildman–Crippen LogP) is 4.86. The van der Waals surface area contributed by atoms with Crippen LogP contribution in [0.5, 0.6) is 0 Å². The molecular formula is C16H13NS2. The molecule has 1 aliphatic heterocycles. The fourth-order valence-corrected chi connectivity index (χ4v) is 4.70. The summed E-state index contributed by atoms with van der Waals surface area (Å²) in [5.74, 6) is 0. The van der Waals surface area contributed by atoms with Crippen LogP contribution in [0.15, 0.2) is 71.0 Å². The van der Waals surface area contributed by atoms with Gasteiger partial charge in [0.05, 0.1) is 22.0 Å². The lowest BCUT2D eigenvalue weighted by Gasteiger charge is -2.41. The summed E-state index contributed by atoms with van der Waals surface area (Å²) in [4.78, 5) is 3.85. The second-order valence-corrected chi connectivity index (χ2v) is 6.78. The zero-order valence-electron chi connectivity index (χ0n) is 10.3. The van der Waals surface area contributed by atoms with Crippen molar-refractivity contribution in [1.82, 2.24) is 0 Å². The number of hydrogen-bond acceptors (Lipinski definition) is 3. The fraction of sp³-hybridized carbons (Fsp3) is 0.125. The van der Waals surface area contributed by atoms with Gasteiger partial charge in [-0.1, -0.05) is 36.4 Å². The first-order chi connectivity index (χ1) is 9.43. The Kier molecular flexibility index (Phi) is 2.75. The summed E-state index contributed by atoms with van der Waals surface area (Å²) in [6, 6.07) is 13.5. The van der Waals surface area contributed by atoms with Crippen molar-refractivity contribution < 1.29 is 0 Å². The maximum absolute atomic E-state index is 2.47. The molecule has 0 bridgehead atoms. The van der Waals surface area contributed by atoms with Crippen LogP contribution in [0.4, 0.5) is 10.7 Å². The Balaban J connectivity index is 1.89. The molecule has 19 heavy (non-hydrogen) atoms. The number of thioether (sulfide) groups is 1. The first-order valence-electron chi connectivity index (χ1n) is 6.37. The van der Waals surface area contributed by atoms with Gasteiger partial charge in [-0.2, -0.15) is 0 Å². The van der Waals surface area contributed by atoms with Gasteiger partial charge < -0.3 is 4.90 Å². The molecular weight excluding hydrogens is 270 g/mol. The van der Waals surface area contributed by atoms with E-state index < -0.39 is 0 Å². The molecule has 0 fully saturated rings. The van der Waals surface area contributed by atoms with E-state index in [1.54, 1.807) is 0 Å². The highest BCUT2D eigenvalue weighted by molar-refractivity contribution is 8.00. The number of nitrogens with zero attached hydrogens (tertiary/aromatic N) is 1. The van der Waals surface area contributed by atoms with E-state index in [9.17, 15) is 0 Å². The van der Waals surface area contributed by atoms with Gasteiger partial charge >= 0.3 is 0 Å². The highest BCUT2D eigenvalue weighted by Gasteiger charge is 2.34. The highest BCUT2D eigenvalue weighted by atomic mass is 32.2. The molecule has 2 unspecified atom stereocenters. The van der Waals surface area contributed by atoms with E-state index in [1.807, 2.05) is 23.1 Å². The molecule has 4 rings (SSSR count). The lowest BCUT2D eigenvalue weighted by atomic mass is 10.1. The summed E-state index contributed by atoms with van der Waals surface area (Å²) in [6.07, 6.45) is 8.95. The Hall–Kier alpha value is -1.45. The third-order valence-corrected chi connectivity index (χ3v) is 5.66. The van der Waals surface area contributed by atoms with Crippen LogP contribution >= 0.6 is 23.1 Å². The lowest BCUT2D eigenvalue weighted by molar-refractivity contribution is 0.784. The smallest absolute Gasteiger partial charge is 0.0959 e. The van der Waals surface area contributed by atoms with Gasteiger partial charge in [0.15, 0.2) is 0 Å². The molecule has 2 atom stereocenters. The molecule has 0 N–H and O–H groups in total. The minimum atomic E-state index is 0.420. The molecule has 0 amide bonds. The highest BCUT2D eigenvalue weighted by Crippen LogP contribution is 2.47. The summed E-state index contributed by atoms with van der Waals surface area (Å²) < 4.78 is 0. The van der Waals surface area contributed by atoms with Crippen molar-refractivity contribution in [2.75, 3.05) is 4.90 Å². The SMILES string of the molecule is C1=CC2Sc3ccccc3N(c3cccs3)C2C=C1. The summed E-state index contributed by atoms with van der Waals surface area (Å²) in [5, 5.41) is 3.97. The molecule has 0 saturated heterocycles. The van der Waals surface area contributed by atoms with Crippen LogP contribution in [0.2, 0.25) is 0 Å². The number of allylic oxidation sites excluding steroid dienone is 2. The van der Waals surface area contributed by atoms with Crippen molar-refractivity contribution in [3.63, 3.8) is 0 Å². The number of thiophene rings is 1. The number of hydrogen-bond donors (Lipinski definition) is 0. The van der Waals surface area contributed by atoms with E-state index in [1.165, 1.54) is 15.6 Å². The molecule has 0 spiro atoms. The topological polar surface area (TPSA) is 3.24 Å². The van der Waals surface area contributed by atoms with Crippen LogP contribution in [0.25, 0.3) is 0 Å². The van der Waals surface area contributed by atoms with Crippen molar-refractivity contribution in [3.8, 4) is 0 Å². The molecule has 0 radical (unpaired) electrons. The minimum Gasteiger partial charge on any atom is -0.324 e. The van der Waals surface area contributed by atoms with Crippen LogP contribution in [0.1, 0.15) is 0 Å². The largest absolute Gasteiger partial charge is 0.324 e. The average molecular weight is 283 g/mol. The summed E-state index contributed by atoms with van der Waals surface area (Å²) in [7, 11) is 0. The summed E-state index contributed by atoms with van der Waals surface area (Å²) in [5.41, 5.74) is 1.33. The predicted molar refractivity (Wildman–Crippen MR) is 84.6 cm³/mol. The standard InChI is InChI=1S/C16H13NS2/c1-3-8-14-12(6-1)17(16-10-5-11-18-16)13-7-2-4-9-15(13)19-14/h1-12,14H. The van der Waals surface area contributed by atoms with Crippen molar-refractivity contribution in [2.45, 2.75) is 16.2 Å². The van der Waals surface area contributed by atoms with E-state index in [0.29, 0.717) is 11.3 Å². The number of anilines is 2. The van der Waals surface area contributed by atoms with Crippen molar-refractivity contribution in [2.24, 2.45) is 0 Å². The third kappa shape index (κ3) is 1.85. The Bertz CT molecular complexity index is 643. The normalized spacial score (nSPS) is 24.1. The third-order valence-electron chi connectivity index (χ3n) is 3.49. The maximum atomic E-state index is 2.47. The lowest BCUT2D eigenvalue weighted by Crippen LogP contribution is -2.40. The van der Waals surface area contributed by atoms with Crippen LogP contribution in [-0.2, 0) is 0 Å². The second-order valence-electron chi connectivity index (χ2n) is 4.63.